The Labute approximate surface area is 244 Å². The van der Waals surface area contributed by atoms with Gasteiger partial charge in [0.25, 0.3) is 5.56 Å². The zero-order valence-electron chi connectivity index (χ0n) is 23.2. The van der Waals surface area contributed by atoms with E-state index in [1.807, 2.05) is 26.0 Å². The molecule has 0 fully saturated rings. The van der Waals surface area contributed by atoms with Gasteiger partial charge >= 0.3 is 5.97 Å². The molecule has 11 heteroatoms. The third kappa shape index (κ3) is 5.53. The Kier molecular flexibility index (Phi) is 9.36. The summed E-state index contributed by atoms with van der Waals surface area (Å²) >= 11 is 4.87. The zero-order chi connectivity index (χ0) is 29.0. The minimum Gasteiger partial charge on any atom is -0.493 e. The monoisotopic (exact) mass is 630 g/mol. The SMILES string of the molecule is CCOC(=O)C1=C(C)N=c2s/c(=C/c3cccc(OC)c3OCC)c(=O)n2[C@H]1c1cc(OC)c(OCC)cc1Br. The number of rotatable bonds is 10. The second-order valence-electron chi connectivity index (χ2n) is 8.57. The third-order valence-electron chi connectivity index (χ3n) is 6.20. The van der Waals surface area contributed by atoms with Gasteiger partial charge in [-0.2, -0.15) is 0 Å². The molecule has 0 radical (unpaired) electrons. The largest absolute Gasteiger partial charge is 0.493 e. The number of nitrogens with zero attached hydrogens (tertiary/aromatic N) is 2. The minimum absolute atomic E-state index is 0.177. The van der Waals surface area contributed by atoms with Crippen molar-refractivity contribution in [3.8, 4) is 23.0 Å². The van der Waals surface area contributed by atoms with E-state index in [1.165, 1.54) is 15.9 Å². The highest BCUT2D eigenvalue weighted by Crippen LogP contribution is 2.41. The number of methoxy groups -OCH3 is 2. The number of halogens is 1. The molecule has 0 saturated carbocycles. The molecule has 3 aromatic rings. The molecule has 2 aromatic carbocycles. The molecule has 40 heavy (non-hydrogen) atoms. The van der Waals surface area contributed by atoms with Crippen LogP contribution < -0.4 is 33.8 Å². The number of thiazole rings is 1. The van der Waals surface area contributed by atoms with Crippen LogP contribution in [0.4, 0.5) is 0 Å². The van der Waals surface area contributed by atoms with Crippen molar-refractivity contribution in [2.24, 2.45) is 4.99 Å². The van der Waals surface area contributed by atoms with Crippen molar-refractivity contribution < 1.29 is 28.5 Å². The summed E-state index contributed by atoms with van der Waals surface area (Å²) in [5.41, 5.74) is 1.74. The first kappa shape index (κ1) is 29.4. The van der Waals surface area contributed by atoms with Crippen LogP contribution in [0.5, 0.6) is 23.0 Å². The van der Waals surface area contributed by atoms with Gasteiger partial charge < -0.3 is 23.7 Å². The molecule has 1 aliphatic rings. The molecule has 1 aromatic heterocycles. The third-order valence-corrected chi connectivity index (χ3v) is 7.87. The van der Waals surface area contributed by atoms with Gasteiger partial charge in [-0.25, -0.2) is 9.79 Å². The first-order chi connectivity index (χ1) is 19.3. The van der Waals surface area contributed by atoms with E-state index in [9.17, 15) is 9.59 Å². The molecule has 0 spiro atoms. The first-order valence-electron chi connectivity index (χ1n) is 12.8. The molecular weight excluding hydrogens is 600 g/mol. The fraction of sp³-hybridized carbons (Fsp3) is 0.345. The number of hydrogen-bond acceptors (Lipinski definition) is 9. The van der Waals surface area contributed by atoms with E-state index in [4.69, 9.17) is 23.7 Å². The fourth-order valence-corrected chi connectivity index (χ4v) is 6.10. The molecule has 0 bridgehead atoms. The number of carbonyl (C=O) groups is 1. The van der Waals surface area contributed by atoms with Crippen molar-refractivity contribution in [3.63, 3.8) is 0 Å². The molecule has 9 nitrogen and oxygen atoms in total. The molecule has 2 heterocycles. The summed E-state index contributed by atoms with van der Waals surface area (Å²) in [5, 5.41) is 0. The number of allylic oxidation sites excluding steroid dienone is 1. The number of fused-ring (bicyclic) bond motifs is 1. The Morgan fingerprint density at radius 3 is 2.42 bits per heavy atom. The number of esters is 1. The zero-order valence-corrected chi connectivity index (χ0v) is 25.6. The van der Waals surface area contributed by atoms with Crippen LogP contribution in [0, 0.1) is 0 Å². The van der Waals surface area contributed by atoms with E-state index in [0.29, 0.717) is 66.8 Å². The Balaban J connectivity index is 2.01. The first-order valence-corrected chi connectivity index (χ1v) is 14.4. The van der Waals surface area contributed by atoms with E-state index in [2.05, 4.69) is 20.9 Å². The van der Waals surface area contributed by atoms with Crippen LogP contribution >= 0.6 is 27.3 Å². The Morgan fingerprint density at radius 1 is 1.05 bits per heavy atom. The number of para-hydroxylation sites is 1. The molecule has 212 valence electrons. The lowest BCUT2D eigenvalue weighted by atomic mass is 9.95. The van der Waals surface area contributed by atoms with Crippen LogP contribution in [-0.2, 0) is 9.53 Å². The molecule has 0 amide bonds. The summed E-state index contributed by atoms with van der Waals surface area (Å²) in [5.74, 6) is 1.56. The topological polar surface area (TPSA) is 97.6 Å². The Hall–Kier alpha value is -3.57. The molecular formula is C29H31BrN2O7S. The van der Waals surface area contributed by atoms with Gasteiger partial charge in [0.15, 0.2) is 27.8 Å². The Morgan fingerprint density at radius 2 is 1.77 bits per heavy atom. The van der Waals surface area contributed by atoms with Gasteiger partial charge in [-0.15, -0.1) is 0 Å². The lowest BCUT2D eigenvalue weighted by molar-refractivity contribution is -0.139. The van der Waals surface area contributed by atoms with Gasteiger partial charge in [0.05, 0.1) is 55.9 Å². The lowest BCUT2D eigenvalue weighted by Crippen LogP contribution is -2.40. The number of benzene rings is 2. The molecule has 0 unspecified atom stereocenters. The van der Waals surface area contributed by atoms with Crippen molar-refractivity contribution >= 4 is 39.3 Å². The summed E-state index contributed by atoms with van der Waals surface area (Å²) in [6.45, 7) is 8.28. The maximum atomic E-state index is 14.1. The molecule has 1 aliphatic heterocycles. The van der Waals surface area contributed by atoms with Crippen molar-refractivity contribution in [2.45, 2.75) is 33.7 Å². The van der Waals surface area contributed by atoms with Crippen molar-refractivity contribution in [2.75, 3.05) is 34.0 Å². The number of ether oxygens (including phenoxy) is 5. The second-order valence-corrected chi connectivity index (χ2v) is 10.4. The van der Waals surface area contributed by atoms with Crippen LogP contribution in [0.25, 0.3) is 6.08 Å². The maximum absolute atomic E-state index is 14.1. The highest BCUT2D eigenvalue weighted by atomic mass is 79.9. The summed E-state index contributed by atoms with van der Waals surface area (Å²) < 4.78 is 30.6. The van der Waals surface area contributed by atoms with Crippen LogP contribution in [0.15, 0.2) is 55.9 Å². The van der Waals surface area contributed by atoms with E-state index >= 15 is 0 Å². The minimum atomic E-state index is -0.826. The molecule has 0 aliphatic carbocycles. The predicted octanol–water partition coefficient (Wildman–Crippen LogP) is 4.38. The van der Waals surface area contributed by atoms with Crippen LogP contribution in [0.3, 0.4) is 0 Å². The summed E-state index contributed by atoms with van der Waals surface area (Å²) in [4.78, 5) is 32.4. The summed E-state index contributed by atoms with van der Waals surface area (Å²) in [7, 11) is 3.11. The van der Waals surface area contributed by atoms with Gasteiger partial charge in [0.1, 0.15) is 0 Å². The highest BCUT2D eigenvalue weighted by molar-refractivity contribution is 9.10. The van der Waals surface area contributed by atoms with Crippen LogP contribution in [0.2, 0.25) is 0 Å². The van der Waals surface area contributed by atoms with Crippen molar-refractivity contribution in [1.29, 1.82) is 0 Å². The fourth-order valence-electron chi connectivity index (χ4n) is 4.52. The quantitative estimate of drug-likeness (QED) is 0.307. The van der Waals surface area contributed by atoms with E-state index in [1.54, 1.807) is 52.3 Å². The van der Waals surface area contributed by atoms with Crippen molar-refractivity contribution in [3.05, 3.63) is 76.9 Å². The normalized spacial score (nSPS) is 14.9. The molecule has 1 atom stereocenters. The number of aromatic nitrogens is 1. The van der Waals surface area contributed by atoms with Gasteiger partial charge in [-0.3, -0.25) is 9.36 Å². The van der Waals surface area contributed by atoms with Gasteiger partial charge in [0, 0.05) is 10.0 Å². The van der Waals surface area contributed by atoms with E-state index in [0.717, 1.165) is 0 Å². The average Bonchev–Trinajstić information content (AvgIpc) is 3.23. The maximum Gasteiger partial charge on any atom is 0.338 e. The smallest absolute Gasteiger partial charge is 0.338 e. The lowest BCUT2D eigenvalue weighted by Gasteiger charge is -2.26. The van der Waals surface area contributed by atoms with Gasteiger partial charge in [0.2, 0.25) is 0 Å². The van der Waals surface area contributed by atoms with Crippen molar-refractivity contribution in [1.82, 2.24) is 4.57 Å². The second kappa shape index (κ2) is 12.7. The Bertz CT molecular complexity index is 1640. The molecule has 4 rings (SSSR count). The average molecular weight is 632 g/mol. The van der Waals surface area contributed by atoms with Gasteiger partial charge in [-0.05, 0) is 57.5 Å². The highest BCUT2D eigenvalue weighted by Gasteiger charge is 2.35. The summed E-state index contributed by atoms with van der Waals surface area (Å²) in [6.07, 6.45) is 1.76. The molecule has 0 saturated heterocycles. The van der Waals surface area contributed by atoms with E-state index in [-0.39, 0.29) is 17.7 Å². The van der Waals surface area contributed by atoms with Crippen LogP contribution in [0.1, 0.15) is 44.9 Å². The van der Waals surface area contributed by atoms with Gasteiger partial charge in [-0.1, -0.05) is 39.4 Å². The summed E-state index contributed by atoms with van der Waals surface area (Å²) in [6, 6.07) is 8.20. The predicted molar refractivity (Wildman–Crippen MR) is 156 cm³/mol. The van der Waals surface area contributed by atoms with Crippen LogP contribution in [-0.4, -0.2) is 44.6 Å². The van der Waals surface area contributed by atoms with E-state index < -0.39 is 12.0 Å². The standard InChI is InChI=1S/C29H31BrN2O7S/c1-7-37-22-15-19(30)18(14-21(22)36-6)25-24(28(34)39-9-3)16(4)31-29-32(25)27(33)23(40-29)13-17-11-10-12-20(35-5)26(17)38-8-2/h10-15,25H,7-9H2,1-6H3/b23-13+/t25-/m0/s1. The number of carbonyl (C=O) groups excluding carboxylic acids is 1. The molecule has 0 N–H and O–H groups in total. The number of hydrogen-bond donors (Lipinski definition) is 0.